The number of rotatable bonds is 5. The summed E-state index contributed by atoms with van der Waals surface area (Å²) in [6.07, 6.45) is 4.32. The van der Waals surface area contributed by atoms with Gasteiger partial charge in [0.15, 0.2) is 10.8 Å². The molecule has 0 bridgehead atoms. The summed E-state index contributed by atoms with van der Waals surface area (Å²) < 4.78 is 5.32. The predicted molar refractivity (Wildman–Crippen MR) is 100 cm³/mol. The van der Waals surface area contributed by atoms with Crippen LogP contribution in [0.15, 0.2) is 40.5 Å². The Bertz CT molecular complexity index is 853. The molecule has 7 heteroatoms. The highest BCUT2D eigenvalue weighted by molar-refractivity contribution is 7.16. The molecule has 0 saturated heterocycles. The van der Waals surface area contributed by atoms with E-state index < -0.39 is 0 Å². The lowest BCUT2D eigenvalue weighted by atomic mass is 10.1. The molecule has 25 heavy (non-hydrogen) atoms. The number of aromatic nitrogens is 1. The molecule has 1 amide bonds. The Morgan fingerprint density at radius 2 is 2.40 bits per heavy atom. The smallest absolute Gasteiger partial charge is 0.263 e. The molecule has 1 N–H and O–H groups in total. The fraction of sp³-hybridized carbons (Fsp3) is 0.333. The maximum atomic E-state index is 12.4. The summed E-state index contributed by atoms with van der Waals surface area (Å²) in [5, 5.41) is 5.93. The molecule has 0 radical (unpaired) electrons. The third-order valence-corrected chi connectivity index (χ3v) is 6.51. The minimum absolute atomic E-state index is 0.0737. The van der Waals surface area contributed by atoms with E-state index in [1.54, 1.807) is 12.5 Å². The Balaban J connectivity index is 1.33. The maximum absolute atomic E-state index is 12.4. The largest absolute Gasteiger partial charge is 0.462 e. The number of carbonyl (C=O) groups excluding carboxylic acids is 1. The predicted octanol–water partition coefficient (Wildman–Crippen LogP) is 3.64. The molecule has 1 aliphatic heterocycles. The first-order chi connectivity index (χ1) is 12.2. The van der Waals surface area contributed by atoms with Gasteiger partial charge in [0, 0.05) is 30.6 Å². The zero-order valence-corrected chi connectivity index (χ0v) is 15.5. The first-order valence-corrected chi connectivity index (χ1v) is 9.97. The highest BCUT2D eigenvalue weighted by atomic mass is 32.1. The highest BCUT2D eigenvalue weighted by Gasteiger charge is 2.22. The van der Waals surface area contributed by atoms with Crippen molar-refractivity contribution in [2.24, 2.45) is 0 Å². The van der Waals surface area contributed by atoms with Gasteiger partial charge in [-0.2, -0.15) is 0 Å². The quantitative estimate of drug-likeness (QED) is 0.742. The van der Waals surface area contributed by atoms with Crippen LogP contribution < -0.4 is 5.32 Å². The number of hydrogen-bond acceptors (Lipinski definition) is 6. The number of nitrogens with zero attached hydrogens (tertiary/aromatic N) is 2. The van der Waals surface area contributed by atoms with Crippen LogP contribution in [0.5, 0.6) is 0 Å². The van der Waals surface area contributed by atoms with Crippen LogP contribution in [0.4, 0.5) is 0 Å². The van der Waals surface area contributed by atoms with Crippen molar-refractivity contribution in [3.8, 4) is 10.8 Å². The van der Waals surface area contributed by atoms with E-state index in [9.17, 15) is 4.79 Å². The Hall–Kier alpha value is -1.96. The Labute approximate surface area is 154 Å². The average Bonchev–Trinajstić information content (AvgIpc) is 3.38. The summed E-state index contributed by atoms with van der Waals surface area (Å²) in [6, 6.07) is 6.17. The number of hydrogen-bond donors (Lipinski definition) is 1. The van der Waals surface area contributed by atoms with Gasteiger partial charge in [-0.05, 0) is 42.5 Å². The fourth-order valence-corrected chi connectivity index (χ4v) is 4.69. The first-order valence-electron chi connectivity index (χ1n) is 8.28. The molecule has 130 valence electrons. The molecule has 5 nitrogen and oxygen atoms in total. The minimum Gasteiger partial charge on any atom is -0.462 e. The normalized spacial score (nSPS) is 15.7. The van der Waals surface area contributed by atoms with Crippen LogP contribution >= 0.6 is 22.7 Å². The van der Waals surface area contributed by atoms with Gasteiger partial charge in [0.1, 0.15) is 4.88 Å². The van der Waals surface area contributed by atoms with Crippen molar-refractivity contribution in [1.82, 2.24) is 15.2 Å². The van der Waals surface area contributed by atoms with E-state index >= 15 is 0 Å². The molecule has 3 aromatic rings. The van der Waals surface area contributed by atoms with Gasteiger partial charge in [-0.3, -0.25) is 9.69 Å². The molecule has 0 saturated carbocycles. The van der Waals surface area contributed by atoms with Crippen LogP contribution in [0.3, 0.4) is 0 Å². The second kappa shape index (κ2) is 7.11. The second-order valence-electron chi connectivity index (χ2n) is 6.16. The number of amides is 1. The topological polar surface area (TPSA) is 58.4 Å². The summed E-state index contributed by atoms with van der Waals surface area (Å²) in [7, 11) is 0. The summed E-state index contributed by atoms with van der Waals surface area (Å²) >= 11 is 3.19. The van der Waals surface area contributed by atoms with Crippen molar-refractivity contribution >= 4 is 28.6 Å². The third kappa shape index (κ3) is 3.53. The van der Waals surface area contributed by atoms with Crippen LogP contribution in [-0.2, 0) is 13.0 Å². The zero-order chi connectivity index (χ0) is 17.2. The van der Waals surface area contributed by atoms with Gasteiger partial charge in [-0.1, -0.05) is 0 Å². The lowest BCUT2D eigenvalue weighted by molar-refractivity contribution is 0.0936. The zero-order valence-electron chi connectivity index (χ0n) is 13.9. The minimum atomic E-state index is -0.0737. The van der Waals surface area contributed by atoms with Crippen molar-refractivity contribution in [3.63, 3.8) is 0 Å². The monoisotopic (exact) mass is 373 g/mol. The molecular formula is C18H19N3O2S2. The van der Waals surface area contributed by atoms with Gasteiger partial charge in [-0.15, -0.1) is 22.7 Å². The summed E-state index contributed by atoms with van der Waals surface area (Å²) in [6.45, 7) is 4.82. The van der Waals surface area contributed by atoms with E-state index in [2.05, 4.69) is 33.6 Å². The van der Waals surface area contributed by atoms with Crippen LogP contribution in [0.2, 0.25) is 0 Å². The molecule has 4 heterocycles. The Kier molecular flexibility index (Phi) is 4.70. The lowest BCUT2D eigenvalue weighted by Gasteiger charge is -2.32. The second-order valence-corrected chi connectivity index (χ2v) is 8.19. The maximum Gasteiger partial charge on any atom is 0.263 e. The van der Waals surface area contributed by atoms with Crippen LogP contribution in [-0.4, -0.2) is 34.9 Å². The van der Waals surface area contributed by atoms with Crippen LogP contribution in [0, 0.1) is 0 Å². The molecule has 1 aliphatic rings. The Morgan fingerprint density at radius 1 is 1.48 bits per heavy atom. The average molecular weight is 374 g/mol. The van der Waals surface area contributed by atoms with E-state index in [1.807, 2.05) is 23.5 Å². The van der Waals surface area contributed by atoms with Crippen LogP contribution in [0.25, 0.3) is 10.8 Å². The van der Waals surface area contributed by atoms with E-state index in [0.29, 0.717) is 23.2 Å². The lowest BCUT2D eigenvalue weighted by Crippen LogP contribution is -2.44. The molecule has 0 fully saturated rings. The van der Waals surface area contributed by atoms with Gasteiger partial charge in [0.05, 0.1) is 12.5 Å². The Morgan fingerprint density at radius 3 is 3.24 bits per heavy atom. The summed E-state index contributed by atoms with van der Waals surface area (Å²) in [4.78, 5) is 21.2. The molecule has 0 spiro atoms. The number of fused-ring (bicyclic) bond motifs is 1. The summed E-state index contributed by atoms with van der Waals surface area (Å²) in [5.41, 5.74) is 1.43. The van der Waals surface area contributed by atoms with Gasteiger partial charge in [0.2, 0.25) is 0 Å². The summed E-state index contributed by atoms with van der Waals surface area (Å²) in [5.74, 6) is 0.618. The van der Waals surface area contributed by atoms with Crippen molar-refractivity contribution in [2.75, 3.05) is 13.1 Å². The number of thiophene rings is 1. The van der Waals surface area contributed by atoms with Crippen molar-refractivity contribution in [3.05, 3.63) is 51.4 Å². The first kappa shape index (κ1) is 16.5. The molecule has 0 aliphatic carbocycles. The number of thiazole rings is 1. The van der Waals surface area contributed by atoms with Gasteiger partial charge in [-0.25, -0.2) is 4.98 Å². The SMILES string of the molecule is CC(CNC(=O)c1cnc(-c2ccco2)s1)N1CCc2sccc2C1. The van der Waals surface area contributed by atoms with Crippen molar-refractivity contribution in [2.45, 2.75) is 25.9 Å². The van der Waals surface area contributed by atoms with E-state index in [0.717, 1.165) is 24.5 Å². The fourth-order valence-electron chi connectivity index (χ4n) is 3.00. The number of carbonyl (C=O) groups is 1. The molecule has 3 aromatic heterocycles. The van der Waals surface area contributed by atoms with Crippen LogP contribution in [0.1, 0.15) is 27.0 Å². The third-order valence-electron chi connectivity index (χ3n) is 4.48. The molecular weight excluding hydrogens is 354 g/mol. The van der Waals surface area contributed by atoms with Crippen molar-refractivity contribution in [1.29, 1.82) is 0 Å². The van der Waals surface area contributed by atoms with Gasteiger partial charge in [0.25, 0.3) is 5.91 Å². The van der Waals surface area contributed by atoms with E-state index in [4.69, 9.17) is 4.42 Å². The molecule has 1 atom stereocenters. The van der Waals surface area contributed by atoms with E-state index in [-0.39, 0.29) is 5.91 Å². The van der Waals surface area contributed by atoms with Gasteiger partial charge < -0.3 is 9.73 Å². The van der Waals surface area contributed by atoms with E-state index in [1.165, 1.54) is 21.8 Å². The molecule has 4 rings (SSSR count). The van der Waals surface area contributed by atoms with Crippen molar-refractivity contribution < 1.29 is 9.21 Å². The number of furan rings is 1. The number of nitrogens with one attached hydrogen (secondary N) is 1. The molecule has 0 aromatic carbocycles. The van der Waals surface area contributed by atoms with Gasteiger partial charge >= 0.3 is 0 Å². The highest BCUT2D eigenvalue weighted by Crippen LogP contribution is 2.26. The molecule has 1 unspecified atom stereocenters. The standard InChI is InChI=1S/C18H19N3O2S2/c1-12(21-6-4-15-13(11-21)5-8-24-15)9-19-17(22)16-10-20-18(25-16)14-3-2-7-23-14/h2-3,5,7-8,10,12H,4,6,9,11H2,1H3,(H,19,22).